The van der Waals surface area contributed by atoms with Gasteiger partial charge in [-0.15, -0.1) is 3.89 Å². The second kappa shape index (κ2) is 5.05. The molecule has 0 spiro atoms. The van der Waals surface area contributed by atoms with Crippen molar-refractivity contribution >= 4 is 22.0 Å². The lowest BCUT2D eigenvalue weighted by atomic mass is 10.1. The maximum atomic E-state index is 12.5. The van der Waals surface area contributed by atoms with Gasteiger partial charge in [-0.3, -0.25) is 9.59 Å². The van der Waals surface area contributed by atoms with Crippen LogP contribution in [0.15, 0.2) is 29.2 Å². The third-order valence-corrected chi connectivity index (χ3v) is 2.86. The maximum absolute atomic E-state index is 12.5. The predicted octanol–water partition coefficient (Wildman–Crippen LogP) is 1.39. The summed E-state index contributed by atoms with van der Waals surface area (Å²) < 4.78 is 33.5. The van der Waals surface area contributed by atoms with Gasteiger partial charge < -0.3 is 5.11 Å². The summed E-state index contributed by atoms with van der Waals surface area (Å²) in [4.78, 5) is 21.1. The molecule has 0 saturated heterocycles. The Morgan fingerprint density at radius 1 is 1.12 bits per heavy atom. The number of benzene rings is 1. The van der Waals surface area contributed by atoms with Gasteiger partial charge in [-0.25, -0.2) is 0 Å². The standard InChI is InChI=1S/C10H9FO5S/c11-17(15,16)8-3-1-7(2-4-8)9(12)5-6-10(13)14/h1-4H,5-6H2,(H,13,14). The van der Waals surface area contributed by atoms with E-state index in [1.54, 1.807) is 0 Å². The molecule has 1 N–H and O–H groups in total. The minimum Gasteiger partial charge on any atom is -0.481 e. The van der Waals surface area contributed by atoms with E-state index in [2.05, 4.69) is 0 Å². The number of halogens is 1. The van der Waals surface area contributed by atoms with Crippen molar-refractivity contribution in [2.45, 2.75) is 17.7 Å². The topological polar surface area (TPSA) is 88.5 Å². The fourth-order valence-corrected chi connectivity index (χ4v) is 1.63. The molecule has 0 unspecified atom stereocenters. The first-order valence-corrected chi connectivity index (χ1v) is 5.99. The molecule has 17 heavy (non-hydrogen) atoms. The van der Waals surface area contributed by atoms with Crippen LogP contribution < -0.4 is 0 Å². The summed E-state index contributed by atoms with van der Waals surface area (Å²) in [7, 11) is -4.78. The van der Waals surface area contributed by atoms with E-state index in [0.29, 0.717) is 0 Å². The van der Waals surface area contributed by atoms with Crippen molar-refractivity contribution < 1.29 is 27.0 Å². The van der Waals surface area contributed by atoms with Gasteiger partial charge in [0.15, 0.2) is 5.78 Å². The van der Waals surface area contributed by atoms with Crippen molar-refractivity contribution in [1.82, 2.24) is 0 Å². The highest BCUT2D eigenvalue weighted by atomic mass is 32.3. The number of carboxylic acids is 1. The largest absolute Gasteiger partial charge is 0.481 e. The monoisotopic (exact) mass is 260 g/mol. The van der Waals surface area contributed by atoms with Crippen LogP contribution in [0.4, 0.5) is 3.89 Å². The molecule has 0 bridgehead atoms. The molecule has 0 fully saturated rings. The van der Waals surface area contributed by atoms with Gasteiger partial charge in [0, 0.05) is 12.0 Å². The summed E-state index contributed by atoms with van der Waals surface area (Å²) in [5.74, 6) is -1.53. The first kappa shape index (κ1) is 13.3. The molecule has 0 heterocycles. The number of hydrogen-bond acceptors (Lipinski definition) is 4. The quantitative estimate of drug-likeness (QED) is 0.638. The van der Waals surface area contributed by atoms with Gasteiger partial charge in [0.2, 0.25) is 0 Å². The van der Waals surface area contributed by atoms with Crippen molar-refractivity contribution in [1.29, 1.82) is 0 Å². The average molecular weight is 260 g/mol. The fraction of sp³-hybridized carbons (Fsp3) is 0.200. The van der Waals surface area contributed by atoms with Crippen LogP contribution in [0.3, 0.4) is 0 Å². The van der Waals surface area contributed by atoms with Gasteiger partial charge in [0.1, 0.15) is 0 Å². The minimum absolute atomic E-state index is 0.152. The lowest BCUT2D eigenvalue weighted by Gasteiger charge is -2.00. The van der Waals surface area contributed by atoms with Crippen LogP contribution in [-0.2, 0) is 15.0 Å². The highest BCUT2D eigenvalue weighted by Gasteiger charge is 2.13. The van der Waals surface area contributed by atoms with Gasteiger partial charge in [0.25, 0.3) is 0 Å². The van der Waals surface area contributed by atoms with E-state index >= 15 is 0 Å². The van der Waals surface area contributed by atoms with Crippen LogP contribution in [0.2, 0.25) is 0 Å². The lowest BCUT2D eigenvalue weighted by Crippen LogP contribution is -2.04. The van der Waals surface area contributed by atoms with Gasteiger partial charge in [-0.05, 0) is 12.1 Å². The highest BCUT2D eigenvalue weighted by Crippen LogP contribution is 2.14. The van der Waals surface area contributed by atoms with E-state index in [0.717, 1.165) is 24.3 Å². The molecular weight excluding hydrogens is 251 g/mol. The molecule has 5 nitrogen and oxygen atoms in total. The predicted molar refractivity (Wildman–Crippen MR) is 55.9 cm³/mol. The van der Waals surface area contributed by atoms with Crippen molar-refractivity contribution in [3.63, 3.8) is 0 Å². The van der Waals surface area contributed by atoms with Gasteiger partial charge >= 0.3 is 16.2 Å². The Morgan fingerprint density at radius 3 is 2.06 bits per heavy atom. The summed E-state index contributed by atoms with van der Waals surface area (Å²) >= 11 is 0. The second-order valence-corrected chi connectivity index (χ2v) is 4.63. The molecule has 0 atom stereocenters. The Kier molecular flexibility index (Phi) is 3.95. The molecule has 0 amide bonds. The molecule has 1 rings (SSSR count). The molecule has 7 heteroatoms. The van der Waals surface area contributed by atoms with Crippen LogP contribution in [0.25, 0.3) is 0 Å². The fourth-order valence-electron chi connectivity index (χ4n) is 1.17. The van der Waals surface area contributed by atoms with Crippen LogP contribution in [-0.4, -0.2) is 25.3 Å². The number of rotatable bonds is 5. The molecule has 0 aliphatic heterocycles. The summed E-state index contributed by atoms with van der Waals surface area (Å²) in [5, 5.41) is 8.38. The Balaban J connectivity index is 2.81. The van der Waals surface area contributed by atoms with E-state index in [1.165, 1.54) is 0 Å². The average Bonchev–Trinajstić information content (AvgIpc) is 2.25. The minimum atomic E-state index is -4.78. The number of carbonyl (C=O) groups excluding carboxylic acids is 1. The zero-order valence-electron chi connectivity index (χ0n) is 8.59. The number of Topliss-reactive ketones (excluding diaryl/α,β-unsaturated/α-hetero) is 1. The smallest absolute Gasteiger partial charge is 0.332 e. The Labute approximate surface area is 97.1 Å². The molecule has 1 aromatic carbocycles. The van der Waals surface area contributed by atoms with E-state index < -0.39 is 26.9 Å². The van der Waals surface area contributed by atoms with Gasteiger partial charge in [-0.1, -0.05) is 12.1 Å². The first-order chi connectivity index (χ1) is 7.80. The zero-order valence-corrected chi connectivity index (χ0v) is 9.41. The lowest BCUT2D eigenvalue weighted by molar-refractivity contribution is -0.136. The Bertz CT molecular complexity index is 532. The second-order valence-electron chi connectivity index (χ2n) is 3.28. The van der Waals surface area contributed by atoms with Gasteiger partial charge in [0.05, 0.1) is 11.3 Å². The number of carbonyl (C=O) groups is 2. The molecule has 0 radical (unpaired) electrons. The van der Waals surface area contributed by atoms with E-state index in [-0.39, 0.29) is 18.4 Å². The molecule has 1 aromatic rings. The van der Waals surface area contributed by atoms with Crippen LogP contribution in [0.5, 0.6) is 0 Å². The number of carboxylic acid groups (broad SMARTS) is 1. The maximum Gasteiger partial charge on any atom is 0.332 e. The SMILES string of the molecule is O=C(O)CCC(=O)c1ccc(S(=O)(=O)F)cc1. The van der Waals surface area contributed by atoms with Crippen LogP contribution >= 0.6 is 0 Å². The zero-order chi connectivity index (χ0) is 13.1. The number of hydrogen-bond donors (Lipinski definition) is 1. The Hall–Kier alpha value is -1.76. The Morgan fingerprint density at radius 2 is 1.65 bits per heavy atom. The summed E-state index contributed by atoms with van der Waals surface area (Å²) in [5.41, 5.74) is 0.152. The van der Waals surface area contributed by atoms with Gasteiger partial charge in [-0.2, -0.15) is 8.42 Å². The number of aliphatic carboxylic acids is 1. The third-order valence-electron chi connectivity index (χ3n) is 2.02. The van der Waals surface area contributed by atoms with Crippen molar-refractivity contribution in [3.8, 4) is 0 Å². The summed E-state index contributed by atoms with van der Waals surface area (Å²) in [6, 6.07) is 4.22. The molecule has 92 valence electrons. The summed E-state index contributed by atoms with van der Waals surface area (Å²) in [6.45, 7) is 0. The normalized spacial score (nSPS) is 11.1. The van der Waals surface area contributed by atoms with E-state index in [1.807, 2.05) is 0 Å². The van der Waals surface area contributed by atoms with Crippen molar-refractivity contribution in [3.05, 3.63) is 29.8 Å². The molecule has 0 saturated carbocycles. The van der Waals surface area contributed by atoms with Crippen LogP contribution in [0, 0.1) is 0 Å². The number of ketones is 1. The van der Waals surface area contributed by atoms with Crippen molar-refractivity contribution in [2.75, 3.05) is 0 Å². The van der Waals surface area contributed by atoms with Crippen molar-refractivity contribution in [2.24, 2.45) is 0 Å². The highest BCUT2D eigenvalue weighted by molar-refractivity contribution is 7.86. The molecule has 0 aliphatic carbocycles. The van der Waals surface area contributed by atoms with E-state index in [9.17, 15) is 21.9 Å². The van der Waals surface area contributed by atoms with Crippen LogP contribution in [0.1, 0.15) is 23.2 Å². The first-order valence-electron chi connectivity index (χ1n) is 4.60. The third kappa shape index (κ3) is 3.95. The summed E-state index contributed by atoms with van der Waals surface area (Å²) in [6.07, 6.45) is -0.487. The molecule has 0 aliphatic rings. The molecule has 0 aromatic heterocycles. The van der Waals surface area contributed by atoms with E-state index in [4.69, 9.17) is 5.11 Å². The molecular formula is C10H9FO5S.